The highest BCUT2D eigenvalue weighted by molar-refractivity contribution is 5.81. The maximum atomic E-state index is 13.3. The first-order valence-electron chi connectivity index (χ1n) is 9.88. The standard InChI is InChI=1S/C22H25N5O/c1-26(16-14-18-11-7-8-15-23-18)22(28)19-12-5-6-13-20-24-25-21(27(19)20)17-9-3-2-4-10-17/h2-4,7-11,15,19H,5-6,12-14,16H2,1H3. The molecule has 6 nitrogen and oxygen atoms in total. The number of hydrogen-bond acceptors (Lipinski definition) is 4. The van der Waals surface area contributed by atoms with Crippen LogP contribution in [-0.4, -0.2) is 44.1 Å². The number of aryl methyl sites for hydroxylation is 1. The number of pyridine rings is 1. The van der Waals surface area contributed by atoms with E-state index in [9.17, 15) is 4.79 Å². The molecule has 6 heteroatoms. The molecule has 1 aliphatic heterocycles. The number of nitrogens with zero attached hydrogens (tertiary/aromatic N) is 5. The lowest BCUT2D eigenvalue weighted by atomic mass is 10.1. The zero-order valence-corrected chi connectivity index (χ0v) is 16.2. The number of likely N-dealkylation sites (N-methyl/N-ethyl adjacent to an activating group) is 1. The summed E-state index contributed by atoms with van der Waals surface area (Å²) in [6, 6.07) is 15.6. The second-order valence-electron chi connectivity index (χ2n) is 7.27. The summed E-state index contributed by atoms with van der Waals surface area (Å²) in [6.45, 7) is 0.643. The van der Waals surface area contributed by atoms with Crippen LogP contribution in [0.3, 0.4) is 0 Å². The van der Waals surface area contributed by atoms with Gasteiger partial charge in [0.15, 0.2) is 5.82 Å². The summed E-state index contributed by atoms with van der Waals surface area (Å²) in [4.78, 5) is 19.5. The Hall–Kier alpha value is -3.02. The van der Waals surface area contributed by atoms with Gasteiger partial charge in [-0.25, -0.2) is 0 Å². The molecule has 0 saturated heterocycles. The van der Waals surface area contributed by atoms with Crippen molar-refractivity contribution in [2.45, 2.75) is 38.1 Å². The van der Waals surface area contributed by atoms with Gasteiger partial charge in [0.2, 0.25) is 5.91 Å². The van der Waals surface area contributed by atoms with Crippen LogP contribution in [0.4, 0.5) is 0 Å². The third kappa shape index (κ3) is 3.81. The van der Waals surface area contributed by atoms with Crippen molar-refractivity contribution in [3.05, 3.63) is 66.2 Å². The van der Waals surface area contributed by atoms with E-state index in [1.54, 1.807) is 6.20 Å². The SMILES string of the molecule is CN(CCc1ccccn1)C(=O)C1CCCCc2nnc(-c3ccccc3)n21. The van der Waals surface area contributed by atoms with Crippen LogP contribution >= 0.6 is 0 Å². The Labute approximate surface area is 165 Å². The topological polar surface area (TPSA) is 63.9 Å². The maximum Gasteiger partial charge on any atom is 0.245 e. The third-order valence-electron chi connectivity index (χ3n) is 5.33. The van der Waals surface area contributed by atoms with Gasteiger partial charge in [-0.1, -0.05) is 42.8 Å². The molecule has 3 aromatic rings. The molecule has 2 aromatic heterocycles. The van der Waals surface area contributed by atoms with E-state index in [2.05, 4.69) is 19.7 Å². The lowest BCUT2D eigenvalue weighted by molar-refractivity contribution is -0.133. The normalized spacial score (nSPS) is 16.2. The van der Waals surface area contributed by atoms with Crippen LogP contribution in [0.5, 0.6) is 0 Å². The van der Waals surface area contributed by atoms with Crippen LogP contribution in [0.25, 0.3) is 11.4 Å². The van der Waals surface area contributed by atoms with Crippen molar-refractivity contribution in [2.75, 3.05) is 13.6 Å². The van der Waals surface area contributed by atoms with Crippen molar-refractivity contribution in [3.63, 3.8) is 0 Å². The molecule has 1 aliphatic rings. The van der Waals surface area contributed by atoms with E-state index in [1.165, 1.54) is 0 Å². The van der Waals surface area contributed by atoms with Crippen molar-refractivity contribution in [1.82, 2.24) is 24.6 Å². The number of hydrogen-bond donors (Lipinski definition) is 0. The first-order valence-corrected chi connectivity index (χ1v) is 9.88. The van der Waals surface area contributed by atoms with Crippen LogP contribution in [-0.2, 0) is 17.6 Å². The van der Waals surface area contributed by atoms with Gasteiger partial charge in [0.25, 0.3) is 0 Å². The summed E-state index contributed by atoms with van der Waals surface area (Å²) in [5.74, 6) is 1.82. The fraction of sp³-hybridized carbons (Fsp3) is 0.364. The van der Waals surface area contributed by atoms with Crippen molar-refractivity contribution in [2.24, 2.45) is 0 Å². The van der Waals surface area contributed by atoms with Crippen LogP contribution in [0.15, 0.2) is 54.7 Å². The predicted octanol–water partition coefficient (Wildman–Crippen LogP) is 3.31. The summed E-state index contributed by atoms with van der Waals surface area (Å²) in [7, 11) is 1.88. The number of rotatable bonds is 5. The monoisotopic (exact) mass is 375 g/mol. The van der Waals surface area contributed by atoms with Gasteiger partial charge in [-0.05, 0) is 25.0 Å². The largest absolute Gasteiger partial charge is 0.344 e. The van der Waals surface area contributed by atoms with Gasteiger partial charge in [-0.2, -0.15) is 0 Å². The molecule has 144 valence electrons. The van der Waals surface area contributed by atoms with Gasteiger partial charge in [0.1, 0.15) is 11.9 Å². The highest BCUT2D eigenvalue weighted by Crippen LogP contribution is 2.30. The number of amides is 1. The molecule has 1 atom stereocenters. The fourth-order valence-corrected chi connectivity index (χ4v) is 3.78. The number of benzene rings is 1. The molecule has 0 bridgehead atoms. The Bertz CT molecular complexity index is 923. The number of carbonyl (C=O) groups is 1. The zero-order chi connectivity index (χ0) is 19.3. The van der Waals surface area contributed by atoms with Crippen LogP contribution < -0.4 is 0 Å². The fourth-order valence-electron chi connectivity index (χ4n) is 3.78. The number of fused-ring (bicyclic) bond motifs is 1. The Morgan fingerprint density at radius 1 is 1.11 bits per heavy atom. The summed E-state index contributed by atoms with van der Waals surface area (Å²) < 4.78 is 2.07. The molecule has 0 fully saturated rings. The first kappa shape index (κ1) is 18.3. The Morgan fingerprint density at radius 2 is 1.93 bits per heavy atom. The van der Waals surface area contributed by atoms with Gasteiger partial charge in [-0.3, -0.25) is 14.3 Å². The van der Waals surface area contributed by atoms with E-state index in [1.807, 2.05) is 60.5 Å². The molecule has 3 heterocycles. The minimum atomic E-state index is -0.253. The van der Waals surface area contributed by atoms with Crippen molar-refractivity contribution in [1.29, 1.82) is 0 Å². The van der Waals surface area contributed by atoms with E-state index in [0.717, 1.165) is 55.0 Å². The van der Waals surface area contributed by atoms with Crippen molar-refractivity contribution < 1.29 is 4.79 Å². The average molecular weight is 375 g/mol. The van der Waals surface area contributed by atoms with Crippen LogP contribution in [0.1, 0.15) is 36.8 Å². The first-order chi connectivity index (χ1) is 13.7. The molecule has 1 unspecified atom stereocenters. The van der Waals surface area contributed by atoms with Gasteiger partial charge in [-0.15, -0.1) is 10.2 Å². The Balaban J connectivity index is 1.58. The molecule has 0 radical (unpaired) electrons. The summed E-state index contributed by atoms with van der Waals surface area (Å²) in [5, 5.41) is 8.84. The quantitative estimate of drug-likeness (QED) is 0.686. The molecule has 4 rings (SSSR count). The van der Waals surface area contributed by atoms with E-state index >= 15 is 0 Å². The van der Waals surface area contributed by atoms with Crippen molar-refractivity contribution in [3.8, 4) is 11.4 Å². The average Bonchev–Trinajstić information content (AvgIpc) is 3.05. The molecule has 0 N–H and O–H groups in total. The van der Waals surface area contributed by atoms with Gasteiger partial charge < -0.3 is 4.90 Å². The summed E-state index contributed by atoms with van der Waals surface area (Å²) >= 11 is 0. The molecule has 28 heavy (non-hydrogen) atoms. The lowest BCUT2D eigenvalue weighted by Gasteiger charge is -2.25. The highest BCUT2D eigenvalue weighted by Gasteiger charge is 2.30. The zero-order valence-electron chi connectivity index (χ0n) is 16.2. The van der Waals surface area contributed by atoms with E-state index in [4.69, 9.17) is 0 Å². The number of carbonyl (C=O) groups excluding carboxylic acids is 1. The summed E-state index contributed by atoms with van der Waals surface area (Å²) in [5.41, 5.74) is 2.00. The molecule has 1 aromatic carbocycles. The van der Waals surface area contributed by atoms with E-state index in [-0.39, 0.29) is 11.9 Å². The number of aromatic nitrogens is 4. The van der Waals surface area contributed by atoms with E-state index in [0.29, 0.717) is 6.54 Å². The van der Waals surface area contributed by atoms with Crippen LogP contribution in [0.2, 0.25) is 0 Å². The second kappa shape index (κ2) is 8.33. The van der Waals surface area contributed by atoms with Crippen molar-refractivity contribution >= 4 is 5.91 Å². The van der Waals surface area contributed by atoms with Crippen LogP contribution in [0, 0.1) is 0 Å². The summed E-state index contributed by atoms with van der Waals surface area (Å²) in [6.07, 6.45) is 6.27. The molecule has 1 amide bonds. The smallest absolute Gasteiger partial charge is 0.245 e. The maximum absolute atomic E-state index is 13.3. The minimum absolute atomic E-state index is 0.121. The Morgan fingerprint density at radius 3 is 2.71 bits per heavy atom. The van der Waals surface area contributed by atoms with Gasteiger partial charge >= 0.3 is 0 Å². The molecule has 0 aliphatic carbocycles. The highest BCUT2D eigenvalue weighted by atomic mass is 16.2. The van der Waals surface area contributed by atoms with Gasteiger partial charge in [0, 0.05) is 43.9 Å². The van der Waals surface area contributed by atoms with Gasteiger partial charge in [0.05, 0.1) is 0 Å². The molecule has 0 saturated carbocycles. The minimum Gasteiger partial charge on any atom is -0.344 e. The van der Waals surface area contributed by atoms with E-state index < -0.39 is 0 Å². The molecular formula is C22H25N5O. The lowest BCUT2D eigenvalue weighted by Crippen LogP contribution is -2.36. The second-order valence-corrected chi connectivity index (χ2v) is 7.27. The predicted molar refractivity (Wildman–Crippen MR) is 108 cm³/mol. The Kier molecular flexibility index (Phi) is 5.46. The molecular weight excluding hydrogens is 350 g/mol. The third-order valence-corrected chi connectivity index (χ3v) is 5.33. The molecule has 0 spiro atoms.